The number of nitrogens with zero attached hydrogens (tertiary/aromatic N) is 2. The second-order valence-corrected chi connectivity index (χ2v) is 6.34. The minimum absolute atomic E-state index is 0.157. The van der Waals surface area contributed by atoms with E-state index in [2.05, 4.69) is 4.79 Å². The summed E-state index contributed by atoms with van der Waals surface area (Å²) in [7, 11) is 0. The van der Waals surface area contributed by atoms with Crippen molar-refractivity contribution in [1.82, 2.24) is 0 Å². The maximum atomic E-state index is 11.0. The SMILES string of the molecule is Cc1ccccc1CCC(=O)C=[N+]=[N-].Cc1ccccc1CCC(=O)Cl. The molecule has 26 heavy (non-hydrogen) atoms. The first-order valence-electron chi connectivity index (χ1n) is 8.41. The fraction of sp³-hybridized carbons (Fsp3) is 0.286. The summed E-state index contributed by atoms with van der Waals surface area (Å²) in [5.41, 5.74) is 12.9. The zero-order valence-corrected chi connectivity index (χ0v) is 15.9. The van der Waals surface area contributed by atoms with Gasteiger partial charge >= 0.3 is 6.21 Å². The minimum atomic E-state index is -0.266. The fourth-order valence-corrected chi connectivity index (χ4v) is 2.50. The number of hydrogen-bond donors (Lipinski definition) is 0. The highest BCUT2D eigenvalue weighted by atomic mass is 35.5. The molecule has 0 aliphatic heterocycles. The number of benzene rings is 2. The first-order chi connectivity index (χ1) is 12.4. The van der Waals surface area contributed by atoms with Crippen molar-refractivity contribution in [2.24, 2.45) is 0 Å². The van der Waals surface area contributed by atoms with Crippen molar-refractivity contribution in [2.45, 2.75) is 39.5 Å². The topological polar surface area (TPSA) is 70.5 Å². The van der Waals surface area contributed by atoms with Crippen LogP contribution in [0.4, 0.5) is 0 Å². The van der Waals surface area contributed by atoms with Gasteiger partial charge in [-0.2, -0.15) is 4.79 Å². The Hall–Kier alpha value is -2.55. The van der Waals surface area contributed by atoms with Crippen molar-refractivity contribution < 1.29 is 14.4 Å². The molecule has 0 aliphatic carbocycles. The Morgan fingerprint density at radius 2 is 1.38 bits per heavy atom. The van der Waals surface area contributed by atoms with Crippen LogP contribution in [0.2, 0.25) is 0 Å². The zero-order chi connectivity index (χ0) is 19.4. The van der Waals surface area contributed by atoms with Gasteiger partial charge < -0.3 is 5.53 Å². The van der Waals surface area contributed by atoms with Crippen LogP contribution < -0.4 is 0 Å². The van der Waals surface area contributed by atoms with Gasteiger partial charge in [0.15, 0.2) is 0 Å². The smallest absolute Gasteiger partial charge is 0.323 e. The van der Waals surface area contributed by atoms with E-state index >= 15 is 0 Å². The third-order valence-electron chi connectivity index (χ3n) is 3.96. The summed E-state index contributed by atoms with van der Waals surface area (Å²) in [6.07, 6.45) is 3.19. The second kappa shape index (κ2) is 11.9. The predicted molar refractivity (Wildman–Crippen MR) is 105 cm³/mol. The Labute approximate surface area is 159 Å². The molecule has 136 valence electrons. The second-order valence-electron chi connectivity index (χ2n) is 5.92. The lowest BCUT2D eigenvalue weighted by molar-refractivity contribution is -0.116. The molecule has 0 bridgehead atoms. The van der Waals surface area contributed by atoms with Gasteiger partial charge in [0, 0.05) is 12.8 Å². The molecule has 0 N–H and O–H groups in total. The predicted octanol–water partition coefficient (Wildman–Crippen LogP) is 4.49. The van der Waals surface area contributed by atoms with Crippen molar-refractivity contribution in [3.63, 3.8) is 0 Å². The average Bonchev–Trinajstić information content (AvgIpc) is 2.61. The molecule has 0 radical (unpaired) electrons. The van der Waals surface area contributed by atoms with Crippen LogP contribution in [-0.2, 0) is 22.4 Å². The van der Waals surface area contributed by atoms with E-state index in [4.69, 9.17) is 17.1 Å². The molecular formula is C21H23ClN2O2. The molecule has 0 spiro atoms. The van der Waals surface area contributed by atoms with Gasteiger partial charge in [-0.15, -0.1) is 0 Å². The van der Waals surface area contributed by atoms with Crippen LogP contribution in [0.3, 0.4) is 0 Å². The van der Waals surface area contributed by atoms with Crippen LogP contribution >= 0.6 is 11.6 Å². The number of rotatable bonds is 7. The summed E-state index contributed by atoms with van der Waals surface area (Å²) < 4.78 is 0. The Bertz CT molecular complexity index is 796. The molecule has 0 aromatic heterocycles. The summed E-state index contributed by atoms with van der Waals surface area (Å²) in [6.45, 7) is 4.05. The highest BCUT2D eigenvalue weighted by Gasteiger charge is 2.04. The summed E-state index contributed by atoms with van der Waals surface area (Å²) in [5, 5.41) is -0.266. The molecule has 2 rings (SSSR count). The molecule has 0 amide bonds. The Morgan fingerprint density at radius 1 is 0.923 bits per heavy atom. The van der Waals surface area contributed by atoms with Crippen LogP contribution in [0.25, 0.3) is 5.53 Å². The third-order valence-corrected chi connectivity index (χ3v) is 4.14. The lowest BCUT2D eigenvalue weighted by Gasteiger charge is -2.01. The normalized spacial score (nSPS) is 9.50. The molecule has 2 aromatic rings. The Balaban J connectivity index is 0.000000263. The molecule has 0 unspecified atom stereocenters. The summed E-state index contributed by atoms with van der Waals surface area (Å²) in [4.78, 5) is 24.2. The van der Waals surface area contributed by atoms with E-state index in [9.17, 15) is 9.59 Å². The van der Waals surface area contributed by atoms with Crippen LogP contribution in [0, 0.1) is 13.8 Å². The van der Waals surface area contributed by atoms with Crippen LogP contribution in [-0.4, -0.2) is 22.0 Å². The van der Waals surface area contributed by atoms with E-state index in [1.807, 2.05) is 62.4 Å². The van der Waals surface area contributed by atoms with Crippen molar-refractivity contribution in [1.29, 1.82) is 0 Å². The number of Topliss-reactive ketones (excluding diaryl/α,β-unsaturated/α-hetero) is 1. The molecule has 0 fully saturated rings. The first kappa shape index (κ1) is 21.5. The van der Waals surface area contributed by atoms with Gasteiger partial charge in [0.1, 0.15) is 0 Å². The third kappa shape index (κ3) is 8.52. The van der Waals surface area contributed by atoms with Crippen LogP contribution in [0.1, 0.15) is 35.1 Å². The average molecular weight is 371 g/mol. The zero-order valence-electron chi connectivity index (χ0n) is 15.1. The minimum Gasteiger partial charge on any atom is -0.361 e. The van der Waals surface area contributed by atoms with E-state index in [1.165, 1.54) is 16.7 Å². The van der Waals surface area contributed by atoms with Gasteiger partial charge in [-0.05, 0) is 60.5 Å². The molecule has 0 atom stereocenters. The molecule has 4 nitrogen and oxygen atoms in total. The quantitative estimate of drug-likeness (QED) is 0.312. The first-order valence-corrected chi connectivity index (χ1v) is 8.79. The van der Waals surface area contributed by atoms with E-state index < -0.39 is 0 Å². The number of carbonyl (C=O) groups excluding carboxylic acids is 2. The summed E-state index contributed by atoms with van der Waals surface area (Å²) in [5.74, 6) is -0.157. The molecule has 0 heterocycles. The van der Waals surface area contributed by atoms with Crippen LogP contribution in [0.15, 0.2) is 48.5 Å². The fourth-order valence-electron chi connectivity index (χ4n) is 2.40. The monoisotopic (exact) mass is 370 g/mol. The molecule has 0 aliphatic rings. The largest absolute Gasteiger partial charge is 0.361 e. The Morgan fingerprint density at radius 3 is 1.81 bits per heavy atom. The summed E-state index contributed by atoms with van der Waals surface area (Å²) in [6, 6.07) is 16.0. The molecular weight excluding hydrogens is 348 g/mol. The number of ketones is 1. The van der Waals surface area contributed by atoms with Crippen molar-refractivity contribution in [3.05, 3.63) is 76.3 Å². The van der Waals surface area contributed by atoms with Gasteiger partial charge in [-0.3, -0.25) is 9.59 Å². The lowest BCUT2D eigenvalue weighted by atomic mass is 10.0. The number of halogens is 1. The van der Waals surface area contributed by atoms with Crippen molar-refractivity contribution >= 4 is 28.8 Å². The van der Waals surface area contributed by atoms with E-state index in [1.54, 1.807) is 0 Å². The number of aryl methyl sites for hydroxylation is 4. The molecule has 2 aromatic carbocycles. The van der Waals surface area contributed by atoms with Crippen LogP contribution in [0.5, 0.6) is 0 Å². The van der Waals surface area contributed by atoms with E-state index in [0.29, 0.717) is 19.3 Å². The van der Waals surface area contributed by atoms with Gasteiger partial charge in [0.25, 0.3) is 0 Å². The van der Waals surface area contributed by atoms with Gasteiger partial charge in [0.2, 0.25) is 11.0 Å². The standard InChI is InChI=1S/C11H12N2O.C10H11ClO/c1-9-4-2-3-5-10(9)6-7-11(14)8-13-12;1-8-4-2-3-5-9(8)6-7-10(11)12/h2-5,8H,6-7H2,1H3;2-5H,6-7H2,1H3. The van der Waals surface area contributed by atoms with Crippen molar-refractivity contribution in [3.8, 4) is 0 Å². The highest BCUT2D eigenvalue weighted by molar-refractivity contribution is 6.63. The molecule has 5 heteroatoms. The van der Waals surface area contributed by atoms with E-state index in [0.717, 1.165) is 18.2 Å². The maximum absolute atomic E-state index is 11.0. The van der Waals surface area contributed by atoms with Gasteiger partial charge in [-0.1, -0.05) is 48.5 Å². The molecule has 0 saturated carbocycles. The lowest BCUT2D eigenvalue weighted by Crippen LogP contribution is -2.02. The maximum Gasteiger partial charge on any atom is 0.323 e. The van der Waals surface area contributed by atoms with E-state index in [-0.39, 0.29) is 11.0 Å². The molecule has 0 saturated heterocycles. The summed E-state index contributed by atoms with van der Waals surface area (Å²) >= 11 is 5.24. The highest BCUT2D eigenvalue weighted by Crippen LogP contribution is 2.10. The van der Waals surface area contributed by atoms with Gasteiger partial charge in [0.05, 0.1) is 0 Å². The Kier molecular flexibility index (Phi) is 9.85. The van der Waals surface area contributed by atoms with Gasteiger partial charge in [-0.25, -0.2) is 0 Å². The number of hydrogen-bond acceptors (Lipinski definition) is 2. The van der Waals surface area contributed by atoms with Crippen molar-refractivity contribution in [2.75, 3.05) is 0 Å². The number of carbonyl (C=O) groups is 2.